The Balaban J connectivity index is 2.01. The topological polar surface area (TPSA) is 65.2 Å². The fraction of sp³-hybridized carbons (Fsp3) is 0.0625. The molecule has 5 heteroatoms. The molecule has 0 heterocycles. The van der Waals surface area contributed by atoms with Crippen LogP contribution in [0.5, 0.6) is 0 Å². The summed E-state index contributed by atoms with van der Waals surface area (Å²) in [5.74, 6) is -0.277. The van der Waals surface area contributed by atoms with Crippen molar-refractivity contribution in [3.05, 3.63) is 69.2 Å². The number of nitrogens with zero attached hydrogens (tertiary/aromatic N) is 2. The SMILES string of the molecule is Cc1ccc(C(=O)NN=Cc2ccc(C#N)cc2)cc1Br. The van der Waals surface area contributed by atoms with Crippen molar-refractivity contribution in [2.45, 2.75) is 6.92 Å². The Labute approximate surface area is 131 Å². The minimum absolute atomic E-state index is 0.277. The first kappa shape index (κ1) is 14.9. The van der Waals surface area contributed by atoms with Gasteiger partial charge in [0.1, 0.15) is 0 Å². The van der Waals surface area contributed by atoms with Gasteiger partial charge in [0, 0.05) is 10.0 Å². The zero-order chi connectivity index (χ0) is 15.2. The summed E-state index contributed by atoms with van der Waals surface area (Å²) in [5, 5.41) is 12.6. The number of aryl methyl sites for hydroxylation is 1. The first-order valence-corrected chi connectivity index (χ1v) is 6.99. The number of amides is 1. The van der Waals surface area contributed by atoms with Crippen molar-refractivity contribution in [2.24, 2.45) is 5.10 Å². The van der Waals surface area contributed by atoms with Gasteiger partial charge in [0.05, 0.1) is 17.8 Å². The smallest absolute Gasteiger partial charge is 0.267 e. The van der Waals surface area contributed by atoms with E-state index < -0.39 is 0 Å². The summed E-state index contributed by atoms with van der Waals surface area (Å²) in [5.41, 5.74) is 5.45. The van der Waals surface area contributed by atoms with Crippen LogP contribution in [-0.4, -0.2) is 12.1 Å². The van der Waals surface area contributed by atoms with Gasteiger partial charge in [0.15, 0.2) is 0 Å². The van der Waals surface area contributed by atoms with Gasteiger partial charge in [0.2, 0.25) is 0 Å². The number of rotatable bonds is 3. The van der Waals surface area contributed by atoms with E-state index >= 15 is 0 Å². The number of carbonyl (C=O) groups excluding carboxylic acids is 1. The third-order valence-electron chi connectivity index (χ3n) is 2.85. The molecule has 1 amide bonds. The second-order valence-electron chi connectivity index (χ2n) is 4.40. The predicted octanol–water partition coefficient (Wildman–Crippen LogP) is 3.39. The van der Waals surface area contributed by atoms with Crippen molar-refractivity contribution in [2.75, 3.05) is 0 Å². The van der Waals surface area contributed by atoms with Crippen LogP contribution in [0, 0.1) is 18.3 Å². The third kappa shape index (κ3) is 4.01. The van der Waals surface area contributed by atoms with Crippen LogP contribution in [0.4, 0.5) is 0 Å². The Morgan fingerprint density at radius 2 is 2.00 bits per heavy atom. The lowest BCUT2D eigenvalue weighted by Gasteiger charge is -2.02. The van der Waals surface area contributed by atoms with Crippen LogP contribution in [-0.2, 0) is 0 Å². The van der Waals surface area contributed by atoms with E-state index in [0.717, 1.165) is 15.6 Å². The number of nitriles is 1. The van der Waals surface area contributed by atoms with Gasteiger partial charge in [-0.3, -0.25) is 4.79 Å². The van der Waals surface area contributed by atoms with Crippen molar-refractivity contribution in [1.29, 1.82) is 5.26 Å². The molecule has 0 aromatic heterocycles. The standard InChI is InChI=1S/C16H12BrN3O/c1-11-2-7-14(8-15(11)17)16(21)20-19-10-13-5-3-12(9-18)4-6-13/h2-8,10H,1H3,(H,20,21). The maximum atomic E-state index is 11.9. The van der Waals surface area contributed by atoms with E-state index in [-0.39, 0.29) is 5.91 Å². The van der Waals surface area contributed by atoms with E-state index in [1.54, 1.807) is 36.4 Å². The number of hydrazone groups is 1. The fourth-order valence-corrected chi connectivity index (χ4v) is 1.99. The van der Waals surface area contributed by atoms with Gasteiger partial charge in [0.25, 0.3) is 5.91 Å². The van der Waals surface area contributed by atoms with Crippen molar-refractivity contribution in [1.82, 2.24) is 5.43 Å². The lowest BCUT2D eigenvalue weighted by Crippen LogP contribution is -2.17. The van der Waals surface area contributed by atoms with Crippen LogP contribution in [0.2, 0.25) is 0 Å². The first-order valence-electron chi connectivity index (χ1n) is 6.20. The predicted molar refractivity (Wildman–Crippen MR) is 85.1 cm³/mol. The summed E-state index contributed by atoms with van der Waals surface area (Å²) in [6.45, 7) is 1.95. The molecule has 0 radical (unpaired) electrons. The molecular weight excluding hydrogens is 330 g/mol. The summed E-state index contributed by atoms with van der Waals surface area (Å²) in [6, 6.07) is 14.3. The first-order chi connectivity index (χ1) is 10.1. The van der Waals surface area contributed by atoms with Crippen molar-refractivity contribution in [3.63, 3.8) is 0 Å². The molecule has 0 aliphatic heterocycles. The molecular formula is C16H12BrN3O. The minimum atomic E-state index is -0.277. The summed E-state index contributed by atoms with van der Waals surface area (Å²) >= 11 is 3.39. The van der Waals surface area contributed by atoms with Gasteiger partial charge < -0.3 is 0 Å². The van der Waals surface area contributed by atoms with Crippen molar-refractivity contribution < 1.29 is 4.79 Å². The zero-order valence-electron chi connectivity index (χ0n) is 11.3. The van der Waals surface area contributed by atoms with E-state index in [4.69, 9.17) is 5.26 Å². The molecule has 4 nitrogen and oxygen atoms in total. The summed E-state index contributed by atoms with van der Waals surface area (Å²) in [4.78, 5) is 11.9. The molecule has 0 spiro atoms. The molecule has 21 heavy (non-hydrogen) atoms. The lowest BCUT2D eigenvalue weighted by molar-refractivity contribution is 0.0955. The van der Waals surface area contributed by atoms with E-state index in [0.29, 0.717) is 11.1 Å². The van der Waals surface area contributed by atoms with Crippen LogP contribution < -0.4 is 5.43 Å². The average Bonchev–Trinajstić information content (AvgIpc) is 2.50. The van der Waals surface area contributed by atoms with Crippen molar-refractivity contribution in [3.8, 4) is 6.07 Å². The third-order valence-corrected chi connectivity index (χ3v) is 3.71. The second-order valence-corrected chi connectivity index (χ2v) is 5.25. The fourth-order valence-electron chi connectivity index (χ4n) is 1.61. The number of nitrogens with one attached hydrogen (secondary N) is 1. The summed E-state index contributed by atoms with van der Waals surface area (Å²) < 4.78 is 0.881. The highest BCUT2D eigenvalue weighted by molar-refractivity contribution is 9.10. The highest BCUT2D eigenvalue weighted by Gasteiger charge is 2.05. The Morgan fingerprint density at radius 3 is 2.62 bits per heavy atom. The maximum Gasteiger partial charge on any atom is 0.271 e. The van der Waals surface area contributed by atoms with Crippen LogP contribution >= 0.6 is 15.9 Å². The molecule has 0 aliphatic rings. The number of hydrogen-bond donors (Lipinski definition) is 1. The molecule has 1 N–H and O–H groups in total. The highest BCUT2D eigenvalue weighted by atomic mass is 79.9. The van der Waals surface area contributed by atoms with Gasteiger partial charge >= 0.3 is 0 Å². The van der Waals surface area contributed by atoms with Crippen LogP contribution in [0.1, 0.15) is 27.0 Å². The quantitative estimate of drug-likeness (QED) is 0.686. The summed E-state index contributed by atoms with van der Waals surface area (Å²) in [7, 11) is 0. The molecule has 0 unspecified atom stereocenters. The molecule has 2 rings (SSSR count). The van der Waals surface area contributed by atoms with Gasteiger partial charge in [-0.25, -0.2) is 5.43 Å². The van der Waals surface area contributed by atoms with Gasteiger partial charge in [-0.1, -0.05) is 34.1 Å². The highest BCUT2D eigenvalue weighted by Crippen LogP contribution is 2.17. The Morgan fingerprint density at radius 1 is 1.29 bits per heavy atom. The number of carbonyl (C=O) groups is 1. The molecule has 0 aliphatic carbocycles. The van der Waals surface area contributed by atoms with Gasteiger partial charge in [-0.15, -0.1) is 0 Å². The van der Waals surface area contributed by atoms with Gasteiger partial charge in [-0.05, 0) is 42.3 Å². The summed E-state index contributed by atoms with van der Waals surface area (Å²) in [6.07, 6.45) is 1.53. The van der Waals surface area contributed by atoms with Gasteiger partial charge in [-0.2, -0.15) is 10.4 Å². The number of hydrogen-bond acceptors (Lipinski definition) is 3. The average molecular weight is 342 g/mol. The molecule has 104 valence electrons. The molecule has 0 saturated carbocycles. The van der Waals surface area contributed by atoms with Crippen LogP contribution in [0.15, 0.2) is 52.0 Å². The molecule has 0 atom stereocenters. The number of halogens is 1. The minimum Gasteiger partial charge on any atom is -0.267 e. The molecule has 0 saturated heterocycles. The van der Waals surface area contributed by atoms with E-state index in [1.165, 1.54) is 6.21 Å². The zero-order valence-corrected chi connectivity index (χ0v) is 12.9. The number of benzene rings is 2. The van der Waals surface area contributed by atoms with Crippen LogP contribution in [0.3, 0.4) is 0 Å². The Hall–Kier alpha value is -2.45. The Kier molecular flexibility index (Phi) is 4.85. The molecule has 0 fully saturated rings. The Bertz CT molecular complexity index is 730. The van der Waals surface area contributed by atoms with E-state index in [1.807, 2.05) is 19.1 Å². The molecule has 2 aromatic rings. The van der Waals surface area contributed by atoms with Crippen LogP contribution in [0.25, 0.3) is 0 Å². The monoisotopic (exact) mass is 341 g/mol. The normalized spacial score (nSPS) is 10.3. The molecule has 2 aromatic carbocycles. The van der Waals surface area contributed by atoms with E-state index in [2.05, 4.69) is 26.5 Å². The van der Waals surface area contributed by atoms with E-state index in [9.17, 15) is 4.79 Å². The largest absolute Gasteiger partial charge is 0.271 e. The second kappa shape index (κ2) is 6.82. The maximum absolute atomic E-state index is 11.9. The van der Waals surface area contributed by atoms with Crippen molar-refractivity contribution >= 4 is 28.1 Å². The molecule has 0 bridgehead atoms. The lowest BCUT2D eigenvalue weighted by atomic mass is 10.1.